The maximum Gasteiger partial charge on any atom is 0.257 e. The third-order valence-electron chi connectivity index (χ3n) is 4.38. The lowest BCUT2D eigenvalue weighted by Crippen LogP contribution is -2.41. The summed E-state index contributed by atoms with van der Waals surface area (Å²) in [5.74, 6) is 0.186. The van der Waals surface area contributed by atoms with Gasteiger partial charge in [-0.15, -0.1) is 0 Å². The Morgan fingerprint density at radius 3 is 2.52 bits per heavy atom. The number of aryl methyl sites for hydroxylation is 2. The molecule has 116 valence electrons. The van der Waals surface area contributed by atoms with E-state index in [-0.39, 0.29) is 17.7 Å². The third kappa shape index (κ3) is 3.34. The van der Waals surface area contributed by atoms with Gasteiger partial charge in [-0.1, -0.05) is 12.8 Å². The van der Waals surface area contributed by atoms with Crippen LogP contribution in [0.2, 0.25) is 0 Å². The lowest BCUT2D eigenvalue weighted by molar-refractivity contribution is -0.118. The maximum absolute atomic E-state index is 13.0. The van der Waals surface area contributed by atoms with Crippen LogP contribution in [0, 0.1) is 13.8 Å². The van der Waals surface area contributed by atoms with Crippen molar-refractivity contribution in [3.05, 3.63) is 17.0 Å². The molecule has 0 spiro atoms. The molecule has 1 unspecified atom stereocenters. The van der Waals surface area contributed by atoms with Gasteiger partial charge in [-0.05, 0) is 33.6 Å². The second-order valence-corrected chi connectivity index (χ2v) is 6.08. The Bertz CT molecular complexity index is 548. The van der Waals surface area contributed by atoms with E-state index < -0.39 is 0 Å². The predicted octanol–water partition coefficient (Wildman–Crippen LogP) is 2.40. The number of carbonyl (C=O) groups excluding carboxylic acids is 2. The summed E-state index contributed by atoms with van der Waals surface area (Å²) >= 11 is 0. The minimum Gasteiger partial charge on any atom is -0.335 e. The van der Waals surface area contributed by atoms with Crippen LogP contribution in [0.15, 0.2) is 0 Å². The molecule has 1 aliphatic heterocycles. The first-order valence-corrected chi connectivity index (χ1v) is 7.72. The molecule has 0 aliphatic carbocycles. The minimum atomic E-state index is 0.0336. The van der Waals surface area contributed by atoms with Crippen molar-refractivity contribution in [2.24, 2.45) is 7.05 Å². The molecule has 1 saturated heterocycles. The van der Waals surface area contributed by atoms with Crippen LogP contribution in [0.5, 0.6) is 0 Å². The molecule has 21 heavy (non-hydrogen) atoms. The molecule has 1 aromatic heterocycles. The second kappa shape index (κ2) is 6.41. The normalized spacial score (nSPS) is 19.4. The average Bonchev–Trinajstić information content (AvgIpc) is 2.57. The Morgan fingerprint density at radius 2 is 1.95 bits per heavy atom. The molecule has 1 amide bonds. The number of Topliss-reactive ketones (excluding diaryl/α,β-unsaturated/α-hetero) is 1. The van der Waals surface area contributed by atoms with Crippen LogP contribution in [-0.4, -0.2) is 39.0 Å². The van der Waals surface area contributed by atoms with Crippen LogP contribution >= 0.6 is 0 Å². The highest BCUT2D eigenvalue weighted by Gasteiger charge is 2.30. The summed E-state index contributed by atoms with van der Waals surface area (Å²) < 4.78 is 1.75. The SMILES string of the molecule is CC(=O)CC1CCCCCN1C(=O)c1c(C)nn(C)c1C. The average molecular weight is 291 g/mol. The Balaban J connectivity index is 2.30. The van der Waals surface area contributed by atoms with Crippen LogP contribution in [0.4, 0.5) is 0 Å². The van der Waals surface area contributed by atoms with Crippen LogP contribution in [0.1, 0.15) is 60.8 Å². The molecule has 5 nitrogen and oxygen atoms in total. The van der Waals surface area contributed by atoms with Gasteiger partial charge in [-0.25, -0.2) is 0 Å². The predicted molar refractivity (Wildman–Crippen MR) is 81.3 cm³/mol. The second-order valence-electron chi connectivity index (χ2n) is 6.08. The Kier molecular flexibility index (Phi) is 4.80. The van der Waals surface area contributed by atoms with Crippen LogP contribution in [0.3, 0.4) is 0 Å². The van der Waals surface area contributed by atoms with E-state index >= 15 is 0 Å². The molecule has 0 bridgehead atoms. The summed E-state index contributed by atoms with van der Waals surface area (Å²) in [7, 11) is 1.86. The fraction of sp³-hybridized carbons (Fsp3) is 0.688. The van der Waals surface area contributed by atoms with Gasteiger partial charge in [0.1, 0.15) is 5.78 Å². The molecule has 0 N–H and O–H groups in total. The number of ketones is 1. The lowest BCUT2D eigenvalue weighted by atomic mass is 10.0. The zero-order valence-electron chi connectivity index (χ0n) is 13.5. The van der Waals surface area contributed by atoms with E-state index in [9.17, 15) is 9.59 Å². The van der Waals surface area contributed by atoms with Crippen molar-refractivity contribution >= 4 is 11.7 Å². The number of rotatable bonds is 3. The van der Waals surface area contributed by atoms with Crippen molar-refractivity contribution < 1.29 is 9.59 Å². The van der Waals surface area contributed by atoms with Crippen molar-refractivity contribution in [3.63, 3.8) is 0 Å². The summed E-state index contributed by atoms with van der Waals surface area (Å²) in [6.45, 7) is 6.14. The fourth-order valence-electron chi connectivity index (χ4n) is 3.22. The number of amides is 1. The van der Waals surface area contributed by atoms with Gasteiger partial charge in [0.15, 0.2) is 0 Å². The number of hydrogen-bond donors (Lipinski definition) is 0. The van der Waals surface area contributed by atoms with E-state index in [2.05, 4.69) is 5.10 Å². The van der Waals surface area contributed by atoms with E-state index in [0.29, 0.717) is 12.0 Å². The van der Waals surface area contributed by atoms with Gasteiger partial charge in [0, 0.05) is 31.7 Å². The monoisotopic (exact) mass is 291 g/mol. The molecule has 1 aromatic rings. The molecule has 5 heteroatoms. The van der Waals surface area contributed by atoms with Gasteiger partial charge in [0.2, 0.25) is 0 Å². The molecule has 1 fully saturated rings. The molecular formula is C16H25N3O2. The molecule has 0 saturated carbocycles. The molecule has 1 aliphatic rings. The molecule has 0 radical (unpaired) electrons. The smallest absolute Gasteiger partial charge is 0.257 e. The number of hydrogen-bond acceptors (Lipinski definition) is 3. The van der Waals surface area contributed by atoms with Gasteiger partial charge >= 0.3 is 0 Å². The van der Waals surface area contributed by atoms with Crippen LogP contribution < -0.4 is 0 Å². The zero-order valence-corrected chi connectivity index (χ0v) is 13.5. The van der Waals surface area contributed by atoms with Gasteiger partial charge < -0.3 is 4.90 Å². The molecular weight excluding hydrogens is 266 g/mol. The summed E-state index contributed by atoms with van der Waals surface area (Å²) in [4.78, 5) is 26.4. The summed E-state index contributed by atoms with van der Waals surface area (Å²) in [6, 6.07) is 0.0384. The number of carbonyl (C=O) groups is 2. The van der Waals surface area contributed by atoms with Gasteiger partial charge in [0.25, 0.3) is 5.91 Å². The highest BCUT2D eigenvalue weighted by Crippen LogP contribution is 2.24. The van der Waals surface area contributed by atoms with Gasteiger partial charge in [-0.3, -0.25) is 14.3 Å². The van der Waals surface area contributed by atoms with Crippen molar-refractivity contribution in [3.8, 4) is 0 Å². The van der Waals surface area contributed by atoms with E-state index in [1.165, 1.54) is 0 Å². The first kappa shape index (κ1) is 15.7. The lowest BCUT2D eigenvalue weighted by Gasteiger charge is -2.29. The third-order valence-corrected chi connectivity index (χ3v) is 4.38. The largest absolute Gasteiger partial charge is 0.335 e. The zero-order chi connectivity index (χ0) is 15.6. The van der Waals surface area contributed by atoms with Crippen molar-refractivity contribution in [1.82, 2.24) is 14.7 Å². The quantitative estimate of drug-likeness (QED) is 0.859. The standard InChI is InChI=1S/C16H25N3O2/c1-11(20)10-14-8-6-5-7-9-19(14)16(21)15-12(2)17-18(4)13(15)3/h14H,5-10H2,1-4H3. The van der Waals surface area contributed by atoms with E-state index in [4.69, 9.17) is 0 Å². The van der Waals surface area contributed by atoms with Gasteiger partial charge in [0.05, 0.1) is 11.3 Å². The van der Waals surface area contributed by atoms with E-state index in [1.54, 1.807) is 11.6 Å². The highest BCUT2D eigenvalue weighted by molar-refractivity contribution is 5.97. The summed E-state index contributed by atoms with van der Waals surface area (Å²) in [5, 5.41) is 4.34. The number of nitrogens with zero attached hydrogens (tertiary/aromatic N) is 3. The van der Waals surface area contributed by atoms with Crippen LogP contribution in [-0.2, 0) is 11.8 Å². The summed E-state index contributed by atoms with van der Waals surface area (Å²) in [5.41, 5.74) is 2.36. The Hall–Kier alpha value is -1.65. The molecule has 1 atom stereocenters. The first-order valence-electron chi connectivity index (χ1n) is 7.72. The Morgan fingerprint density at radius 1 is 1.24 bits per heavy atom. The van der Waals surface area contributed by atoms with E-state index in [0.717, 1.165) is 43.6 Å². The van der Waals surface area contributed by atoms with Crippen molar-refractivity contribution in [2.45, 2.75) is 58.9 Å². The summed E-state index contributed by atoms with van der Waals surface area (Å²) in [6.07, 6.45) is 4.61. The molecule has 0 aromatic carbocycles. The van der Waals surface area contributed by atoms with Crippen molar-refractivity contribution in [2.75, 3.05) is 6.54 Å². The molecule has 2 rings (SSSR count). The van der Waals surface area contributed by atoms with Crippen molar-refractivity contribution in [1.29, 1.82) is 0 Å². The number of aromatic nitrogens is 2. The van der Waals surface area contributed by atoms with Gasteiger partial charge in [-0.2, -0.15) is 5.10 Å². The first-order chi connectivity index (χ1) is 9.91. The molecule has 2 heterocycles. The fourth-order valence-corrected chi connectivity index (χ4v) is 3.22. The maximum atomic E-state index is 13.0. The number of likely N-dealkylation sites (tertiary alicyclic amines) is 1. The van der Waals surface area contributed by atoms with Crippen LogP contribution in [0.25, 0.3) is 0 Å². The highest BCUT2D eigenvalue weighted by atomic mass is 16.2. The topological polar surface area (TPSA) is 55.2 Å². The minimum absolute atomic E-state index is 0.0336. The van der Waals surface area contributed by atoms with E-state index in [1.807, 2.05) is 25.8 Å². The Labute approximate surface area is 126 Å².